The highest BCUT2D eigenvalue weighted by Gasteiger charge is 2.36. The molecule has 0 atom stereocenters. The summed E-state index contributed by atoms with van der Waals surface area (Å²) in [6, 6.07) is 14.4. The minimum atomic E-state index is -0.151. The van der Waals surface area contributed by atoms with Gasteiger partial charge in [-0.3, -0.25) is 19.6 Å². The summed E-state index contributed by atoms with van der Waals surface area (Å²) >= 11 is 0. The maximum atomic E-state index is 9.30. The smallest absolute Gasteiger partial charge is 0.115 e. The van der Waals surface area contributed by atoms with E-state index in [0.717, 1.165) is 11.1 Å². The predicted octanol–water partition coefficient (Wildman–Crippen LogP) is 2.40. The van der Waals surface area contributed by atoms with E-state index in [1.807, 2.05) is 24.3 Å². The molecule has 6 nitrogen and oxygen atoms in total. The zero-order valence-corrected chi connectivity index (χ0v) is 16.0. The molecule has 0 aliphatic carbocycles. The lowest BCUT2D eigenvalue weighted by atomic mass is 9.78. The Bertz CT molecular complexity index is 670. The molecule has 0 unspecified atom stereocenters. The molecule has 4 heterocycles. The maximum Gasteiger partial charge on any atom is 0.115 e. The number of phenols is 2. The third kappa shape index (κ3) is 3.94. The Morgan fingerprint density at radius 1 is 0.556 bits per heavy atom. The molecule has 0 aromatic heterocycles. The van der Waals surface area contributed by atoms with E-state index in [2.05, 4.69) is 33.4 Å². The fourth-order valence-electron chi connectivity index (χ4n) is 4.16. The van der Waals surface area contributed by atoms with E-state index in [0.29, 0.717) is 0 Å². The van der Waals surface area contributed by atoms with Gasteiger partial charge in [-0.25, -0.2) is 0 Å². The number of hydrogen-bond donors (Lipinski definition) is 2. The van der Waals surface area contributed by atoms with Crippen molar-refractivity contribution in [2.24, 2.45) is 0 Å². The summed E-state index contributed by atoms with van der Waals surface area (Å²) in [5.74, 6) is 0.547. The van der Waals surface area contributed by atoms with Gasteiger partial charge < -0.3 is 10.2 Å². The number of hydrogen-bond acceptors (Lipinski definition) is 6. The van der Waals surface area contributed by atoms with Gasteiger partial charge in [-0.15, -0.1) is 0 Å². The number of aromatic hydroxyl groups is 2. The molecule has 4 bridgehead atoms. The molecule has 144 valence electrons. The molecule has 4 aliphatic rings. The van der Waals surface area contributed by atoms with Gasteiger partial charge >= 0.3 is 0 Å². The van der Waals surface area contributed by atoms with Crippen LogP contribution in [0, 0.1) is 0 Å². The molecule has 4 saturated heterocycles. The lowest BCUT2D eigenvalue weighted by Gasteiger charge is -2.56. The van der Waals surface area contributed by atoms with Crippen LogP contribution < -0.4 is 0 Å². The van der Waals surface area contributed by atoms with Gasteiger partial charge in [-0.1, -0.05) is 38.1 Å². The normalized spacial score (nSPS) is 28.5. The monoisotopic (exact) mass is 368 g/mol. The van der Waals surface area contributed by atoms with Crippen LogP contribution in [0.5, 0.6) is 11.5 Å². The van der Waals surface area contributed by atoms with Crippen LogP contribution in [0.25, 0.3) is 0 Å². The number of rotatable bonds is 2. The highest BCUT2D eigenvalue weighted by Crippen LogP contribution is 2.32. The van der Waals surface area contributed by atoms with Gasteiger partial charge in [0.1, 0.15) is 11.5 Å². The summed E-state index contributed by atoms with van der Waals surface area (Å²) in [6.07, 6.45) is 0. The van der Waals surface area contributed by atoms with Crippen LogP contribution >= 0.6 is 0 Å². The summed E-state index contributed by atoms with van der Waals surface area (Å²) in [6.45, 7) is 11.4. The van der Waals surface area contributed by atoms with Gasteiger partial charge in [0, 0.05) is 5.41 Å². The van der Waals surface area contributed by atoms with Gasteiger partial charge in [-0.2, -0.15) is 0 Å². The molecule has 2 aromatic carbocycles. The molecule has 0 radical (unpaired) electrons. The summed E-state index contributed by atoms with van der Waals surface area (Å²) in [7, 11) is 0. The Balaban J connectivity index is 0.000000150. The SMILES string of the molecule is C1N2CN3CN1CN(C2)C3.CC(C)(c1ccc(O)cc1)c1ccc(O)cc1. The standard InChI is InChI=1S/C15H16O2.C6H12N4/c1-15(2,11-3-7-13(16)8-4-11)12-5-9-14(17)10-6-12;1-7-2-9-4-8(1)5-10(3-7)6-9/h3-10,16-17H,1-2H3;1-6H2. The van der Waals surface area contributed by atoms with Crippen LogP contribution in [0.2, 0.25) is 0 Å². The van der Waals surface area contributed by atoms with E-state index < -0.39 is 0 Å². The van der Waals surface area contributed by atoms with Crippen LogP contribution in [0.3, 0.4) is 0 Å². The van der Waals surface area contributed by atoms with Crippen molar-refractivity contribution in [1.82, 2.24) is 19.6 Å². The summed E-state index contributed by atoms with van der Waals surface area (Å²) in [4.78, 5) is 9.88. The van der Waals surface area contributed by atoms with E-state index in [4.69, 9.17) is 0 Å². The third-order valence-corrected chi connectivity index (χ3v) is 5.58. The van der Waals surface area contributed by atoms with Crippen LogP contribution in [0.1, 0.15) is 25.0 Å². The number of benzene rings is 2. The molecule has 27 heavy (non-hydrogen) atoms. The molecule has 6 heteroatoms. The Kier molecular flexibility index (Phi) is 4.82. The van der Waals surface area contributed by atoms with Gasteiger partial charge in [0.05, 0.1) is 40.0 Å². The molecule has 0 saturated carbocycles. The number of phenolic OH excluding ortho intramolecular Hbond substituents is 2. The minimum Gasteiger partial charge on any atom is -0.508 e. The van der Waals surface area contributed by atoms with Gasteiger partial charge in [-0.05, 0) is 35.4 Å². The first-order valence-corrected chi connectivity index (χ1v) is 9.38. The van der Waals surface area contributed by atoms with Crippen LogP contribution in [0.15, 0.2) is 48.5 Å². The lowest BCUT2D eigenvalue weighted by molar-refractivity contribution is -0.194. The largest absolute Gasteiger partial charge is 0.508 e. The summed E-state index contributed by atoms with van der Waals surface area (Å²) in [5.41, 5.74) is 2.10. The van der Waals surface area contributed by atoms with Crippen molar-refractivity contribution in [3.63, 3.8) is 0 Å². The predicted molar refractivity (Wildman–Crippen MR) is 105 cm³/mol. The summed E-state index contributed by atoms with van der Waals surface area (Å²) < 4.78 is 0. The van der Waals surface area contributed by atoms with Crippen molar-refractivity contribution in [1.29, 1.82) is 0 Å². The molecule has 2 N–H and O–H groups in total. The van der Waals surface area contributed by atoms with Crippen LogP contribution in [0.4, 0.5) is 0 Å². The highest BCUT2D eigenvalue weighted by atomic mass is 16.3. The quantitative estimate of drug-likeness (QED) is 0.849. The van der Waals surface area contributed by atoms with Gasteiger partial charge in [0.25, 0.3) is 0 Å². The molecule has 2 aromatic rings. The van der Waals surface area contributed by atoms with Crippen molar-refractivity contribution in [3.05, 3.63) is 59.7 Å². The Morgan fingerprint density at radius 3 is 1.07 bits per heavy atom. The van der Waals surface area contributed by atoms with Crippen LogP contribution in [-0.4, -0.2) is 69.8 Å². The fraction of sp³-hybridized carbons (Fsp3) is 0.429. The Morgan fingerprint density at radius 2 is 0.815 bits per heavy atom. The van der Waals surface area contributed by atoms with Gasteiger partial charge in [0.15, 0.2) is 0 Å². The van der Waals surface area contributed by atoms with Crippen molar-refractivity contribution in [3.8, 4) is 11.5 Å². The molecule has 4 aliphatic heterocycles. The second kappa shape index (κ2) is 7.13. The number of nitrogens with zero attached hydrogens (tertiary/aromatic N) is 4. The first-order chi connectivity index (χ1) is 12.9. The average Bonchev–Trinajstić information content (AvgIpc) is 2.62. The van der Waals surface area contributed by atoms with Crippen molar-refractivity contribution in [2.45, 2.75) is 19.3 Å². The average molecular weight is 368 g/mol. The molecule has 0 amide bonds. The Labute approximate surface area is 160 Å². The zero-order valence-electron chi connectivity index (χ0n) is 16.0. The first kappa shape index (κ1) is 18.3. The van der Waals surface area contributed by atoms with Crippen molar-refractivity contribution in [2.75, 3.05) is 40.0 Å². The second-order valence-electron chi connectivity index (χ2n) is 8.25. The van der Waals surface area contributed by atoms with Gasteiger partial charge in [0.2, 0.25) is 0 Å². The fourth-order valence-corrected chi connectivity index (χ4v) is 4.16. The van der Waals surface area contributed by atoms with Crippen LogP contribution in [-0.2, 0) is 5.41 Å². The topological polar surface area (TPSA) is 53.4 Å². The van der Waals surface area contributed by atoms with Crippen molar-refractivity contribution < 1.29 is 10.2 Å². The summed E-state index contributed by atoms with van der Waals surface area (Å²) in [5, 5.41) is 18.6. The molecule has 6 rings (SSSR count). The van der Waals surface area contributed by atoms with E-state index >= 15 is 0 Å². The molecular formula is C21H28N4O2. The van der Waals surface area contributed by atoms with E-state index in [-0.39, 0.29) is 16.9 Å². The second-order valence-corrected chi connectivity index (χ2v) is 8.25. The third-order valence-electron chi connectivity index (χ3n) is 5.58. The van der Waals surface area contributed by atoms with E-state index in [1.54, 1.807) is 24.3 Å². The van der Waals surface area contributed by atoms with E-state index in [1.165, 1.54) is 40.0 Å². The molecular weight excluding hydrogens is 340 g/mol. The van der Waals surface area contributed by atoms with Crippen molar-refractivity contribution >= 4 is 0 Å². The molecule has 0 spiro atoms. The highest BCUT2D eigenvalue weighted by molar-refractivity contribution is 5.41. The molecule has 4 fully saturated rings. The maximum absolute atomic E-state index is 9.30. The lowest BCUT2D eigenvalue weighted by Crippen LogP contribution is -2.71. The van der Waals surface area contributed by atoms with E-state index in [9.17, 15) is 10.2 Å². The zero-order chi connectivity index (χ0) is 19.0. The Hall–Kier alpha value is -2.12. The minimum absolute atomic E-state index is 0.151. The first-order valence-electron chi connectivity index (χ1n) is 9.38.